The summed E-state index contributed by atoms with van der Waals surface area (Å²) in [4.78, 5) is 0. The summed E-state index contributed by atoms with van der Waals surface area (Å²) in [5, 5.41) is 0. The van der Waals surface area contributed by atoms with Crippen molar-refractivity contribution in [1.29, 1.82) is 0 Å². The van der Waals surface area contributed by atoms with Gasteiger partial charge in [-0.25, -0.2) is 0 Å². The highest BCUT2D eigenvalue weighted by atomic mass is 79.9. The van der Waals surface area contributed by atoms with Gasteiger partial charge in [-0.2, -0.15) is 0 Å². The van der Waals surface area contributed by atoms with Crippen molar-refractivity contribution in [2.45, 2.75) is 12.8 Å². The Bertz CT molecular complexity index is 520. The Kier molecular flexibility index (Phi) is 3.38. The molecule has 0 saturated carbocycles. The maximum Gasteiger partial charge on any atom is 0.0373 e. The van der Waals surface area contributed by atoms with Gasteiger partial charge in [0.05, 0.1) is 0 Å². The number of nitrogens with two attached hydrogens (primary N) is 2. The van der Waals surface area contributed by atoms with Crippen LogP contribution in [0, 0.1) is 0 Å². The van der Waals surface area contributed by atoms with Crippen molar-refractivity contribution in [1.82, 2.24) is 0 Å². The number of halogens is 1. The molecule has 0 bridgehead atoms. The summed E-state index contributed by atoms with van der Waals surface area (Å²) in [6, 6.07) is 14.0. The average molecular weight is 291 g/mol. The van der Waals surface area contributed by atoms with Crippen LogP contribution < -0.4 is 11.5 Å². The predicted octanol–water partition coefficient (Wildman–Crippen LogP) is 3.77. The number of benzene rings is 2. The van der Waals surface area contributed by atoms with Crippen molar-refractivity contribution in [2.75, 3.05) is 11.5 Å². The zero-order valence-electron chi connectivity index (χ0n) is 9.65. The average Bonchev–Trinajstić information content (AvgIpc) is 2.29. The maximum absolute atomic E-state index is 6.00. The van der Waals surface area contributed by atoms with Crippen molar-refractivity contribution in [3.8, 4) is 0 Å². The van der Waals surface area contributed by atoms with E-state index in [0.29, 0.717) is 5.69 Å². The highest BCUT2D eigenvalue weighted by Gasteiger charge is 2.11. The van der Waals surface area contributed by atoms with Gasteiger partial charge in [0.1, 0.15) is 0 Å². The number of hydrogen-bond donors (Lipinski definition) is 2. The minimum atomic E-state index is 0.267. The van der Waals surface area contributed by atoms with Gasteiger partial charge in [0, 0.05) is 21.8 Å². The van der Waals surface area contributed by atoms with Crippen molar-refractivity contribution < 1.29 is 0 Å². The van der Waals surface area contributed by atoms with Gasteiger partial charge in [-0.15, -0.1) is 0 Å². The lowest BCUT2D eigenvalue weighted by molar-refractivity contribution is 0.925. The summed E-state index contributed by atoms with van der Waals surface area (Å²) in [7, 11) is 0. The fourth-order valence-electron chi connectivity index (χ4n) is 1.92. The zero-order valence-corrected chi connectivity index (χ0v) is 11.2. The Labute approximate surface area is 110 Å². The van der Waals surface area contributed by atoms with E-state index < -0.39 is 0 Å². The van der Waals surface area contributed by atoms with Gasteiger partial charge in [0.15, 0.2) is 0 Å². The molecule has 0 saturated heterocycles. The van der Waals surface area contributed by atoms with Crippen LogP contribution in [0.4, 0.5) is 11.4 Å². The van der Waals surface area contributed by atoms with Gasteiger partial charge in [-0.3, -0.25) is 0 Å². The molecule has 88 valence electrons. The second kappa shape index (κ2) is 4.80. The van der Waals surface area contributed by atoms with Crippen LogP contribution in [0.1, 0.15) is 24.0 Å². The molecular weight excluding hydrogens is 276 g/mol. The maximum atomic E-state index is 6.00. The summed E-state index contributed by atoms with van der Waals surface area (Å²) in [5.74, 6) is 0.267. The number of rotatable bonds is 2. The van der Waals surface area contributed by atoms with Crippen LogP contribution in [0.2, 0.25) is 0 Å². The molecule has 0 spiro atoms. The van der Waals surface area contributed by atoms with Gasteiger partial charge >= 0.3 is 0 Å². The summed E-state index contributed by atoms with van der Waals surface area (Å²) < 4.78 is 1.08. The molecule has 17 heavy (non-hydrogen) atoms. The summed E-state index contributed by atoms with van der Waals surface area (Å²) >= 11 is 3.43. The highest BCUT2D eigenvalue weighted by molar-refractivity contribution is 9.10. The van der Waals surface area contributed by atoms with Crippen molar-refractivity contribution in [3.63, 3.8) is 0 Å². The van der Waals surface area contributed by atoms with Crippen LogP contribution in [-0.2, 0) is 0 Å². The van der Waals surface area contributed by atoms with Gasteiger partial charge in [-0.05, 0) is 35.4 Å². The molecule has 1 atom stereocenters. The Morgan fingerprint density at radius 2 is 1.65 bits per heavy atom. The topological polar surface area (TPSA) is 52.0 Å². The number of hydrogen-bond acceptors (Lipinski definition) is 2. The van der Waals surface area contributed by atoms with E-state index in [1.54, 1.807) is 0 Å². The number of anilines is 2. The zero-order chi connectivity index (χ0) is 12.4. The molecule has 2 aromatic carbocycles. The molecule has 0 heterocycles. The molecule has 4 N–H and O–H groups in total. The quantitative estimate of drug-likeness (QED) is 0.828. The summed E-state index contributed by atoms with van der Waals surface area (Å²) in [6.07, 6.45) is 0. The lowest BCUT2D eigenvalue weighted by Crippen LogP contribution is -2.02. The third-order valence-electron chi connectivity index (χ3n) is 2.95. The highest BCUT2D eigenvalue weighted by Crippen LogP contribution is 2.30. The molecule has 0 aliphatic rings. The van der Waals surface area contributed by atoms with E-state index in [1.807, 2.05) is 30.3 Å². The van der Waals surface area contributed by atoms with E-state index in [4.69, 9.17) is 11.5 Å². The Morgan fingerprint density at radius 1 is 1.00 bits per heavy atom. The monoisotopic (exact) mass is 290 g/mol. The molecule has 0 aliphatic carbocycles. The molecule has 0 amide bonds. The van der Waals surface area contributed by atoms with E-state index in [-0.39, 0.29) is 5.92 Å². The lowest BCUT2D eigenvalue weighted by atomic mass is 9.92. The second-order valence-electron chi connectivity index (χ2n) is 4.16. The molecule has 1 unspecified atom stereocenters. The van der Waals surface area contributed by atoms with Crippen LogP contribution in [-0.4, -0.2) is 0 Å². The third-order valence-corrected chi connectivity index (χ3v) is 3.48. The Balaban J connectivity index is 2.36. The van der Waals surface area contributed by atoms with Crippen LogP contribution in [0.25, 0.3) is 0 Å². The molecule has 2 rings (SSSR count). The van der Waals surface area contributed by atoms with Gasteiger partial charge in [0.25, 0.3) is 0 Å². The standard InChI is InChI=1S/C14H15BrN2/c1-9(10-2-4-11(15)5-3-10)13-7-6-12(16)8-14(13)17/h2-9H,16-17H2,1H3. The second-order valence-corrected chi connectivity index (χ2v) is 5.08. The molecule has 0 radical (unpaired) electrons. The van der Waals surface area contributed by atoms with Crippen molar-refractivity contribution >= 4 is 27.3 Å². The van der Waals surface area contributed by atoms with Gasteiger partial charge in [-0.1, -0.05) is 41.1 Å². The van der Waals surface area contributed by atoms with E-state index in [2.05, 4.69) is 35.0 Å². The molecule has 2 aromatic rings. The third kappa shape index (κ3) is 2.61. The minimum absolute atomic E-state index is 0.267. The predicted molar refractivity (Wildman–Crippen MR) is 76.9 cm³/mol. The Morgan fingerprint density at radius 3 is 2.24 bits per heavy atom. The van der Waals surface area contributed by atoms with Crippen molar-refractivity contribution in [3.05, 3.63) is 58.1 Å². The first-order valence-electron chi connectivity index (χ1n) is 5.48. The molecule has 2 nitrogen and oxygen atoms in total. The molecule has 0 aliphatic heterocycles. The van der Waals surface area contributed by atoms with Crippen LogP contribution in [0.5, 0.6) is 0 Å². The summed E-state index contributed by atoms with van der Waals surface area (Å²) in [6.45, 7) is 2.14. The van der Waals surface area contributed by atoms with E-state index >= 15 is 0 Å². The SMILES string of the molecule is CC(c1ccc(Br)cc1)c1ccc(N)cc1N. The van der Waals surface area contributed by atoms with Crippen LogP contribution >= 0.6 is 15.9 Å². The first-order chi connectivity index (χ1) is 8.08. The first-order valence-corrected chi connectivity index (χ1v) is 6.27. The first kappa shape index (κ1) is 12.0. The van der Waals surface area contributed by atoms with Crippen LogP contribution in [0.3, 0.4) is 0 Å². The fraction of sp³-hybridized carbons (Fsp3) is 0.143. The lowest BCUT2D eigenvalue weighted by Gasteiger charge is -2.15. The smallest absolute Gasteiger partial charge is 0.0373 e. The van der Waals surface area contributed by atoms with Gasteiger partial charge < -0.3 is 11.5 Å². The normalized spacial score (nSPS) is 12.4. The number of nitrogen functional groups attached to an aromatic ring is 2. The fourth-order valence-corrected chi connectivity index (χ4v) is 2.18. The Hall–Kier alpha value is -1.48. The largest absolute Gasteiger partial charge is 0.399 e. The molecule has 3 heteroatoms. The van der Waals surface area contributed by atoms with E-state index in [0.717, 1.165) is 15.7 Å². The van der Waals surface area contributed by atoms with E-state index in [9.17, 15) is 0 Å². The van der Waals surface area contributed by atoms with Gasteiger partial charge in [0.2, 0.25) is 0 Å². The van der Waals surface area contributed by atoms with E-state index in [1.165, 1.54) is 5.56 Å². The summed E-state index contributed by atoms with van der Waals surface area (Å²) in [5.41, 5.74) is 15.5. The van der Waals surface area contributed by atoms with Crippen molar-refractivity contribution in [2.24, 2.45) is 0 Å². The molecular formula is C14H15BrN2. The molecule has 0 aromatic heterocycles. The minimum Gasteiger partial charge on any atom is -0.399 e. The van der Waals surface area contributed by atoms with Crippen LogP contribution in [0.15, 0.2) is 46.9 Å². The molecule has 0 fully saturated rings.